The molecular weight excluding hydrogens is 465 g/mol. The van der Waals surface area contributed by atoms with Gasteiger partial charge in [-0.15, -0.1) is 0 Å². The van der Waals surface area contributed by atoms with Gasteiger partial charge in [0.15, 0.2) is 11.5 Å². The molecule has 0 saturated heterocycles. The average molecular weight is 498 g/mol. The molecule has 3 aromatic carbocycles. The minimum Gasteiger partial charge on any atom is -0.454 e. The number of rotatable bonds is 11. The smallest absolute Gasteiger partial charge is 0.231 e. The molecule has 4 aromatic rings. The summed E-state index contributed by atoms with van der Waals surface area (Å²) >= 11 is 0. The summed E-state index contributed by atoms with van der Waals surface area (Å²) in [6, 6.07) is 23.3. The number of ether oxygens (including phenoxy) is 2. The molecule has 5 nitrogen and oxygen atoms in total. The van der Waals surface area contributed by atoms with Gasteiger partial charge in [-0.25, -0.2) is 9.37 Å². The van der Waals surface area contributed by atoms with Crippen LogP contribution in [-0.2, 0) is 19.6 Å². The van der Waals surface area contributed by atoms with Crippen molar-refractivity contribution in [1.82, 2.24) is 14.5 Å². The normalized spacial score (nSPS) is 12.6. The van der Waals surface area contributed by atoms with Gasteiger partial charge in [-0.2, -0.15) is 0 Å². The van der Waals surface area contributed by atoms with E-state index in [2.05, 4.69) is 34.6 Å². The lowest BCUT2D eigenvalue weighted by atomic mass is 10.1. The molecule has 6 heteroatoms. The summed E-state index contributed by atoms with van der Waals surface area (Å²) < 4.78 is 27.6. The zero-order chi connectivity index (χ0) is 25.5. The Hall–Kier alpha value is -3.90. The van der Waals surface area contributed by atoms with Crippen molar-refractivity contribution in [3.05, 3.63) is 108 Å². The second kappa shape index (κ2) is 11.9. The Morgan fingerprint density at radius 2 is 1.78 bits per heavy atom. The first-order chi connectivity index (χ1) is 18.2. The predicted molar refractivity (Wildman–Crippen MR) is 145 cm³/mol. The molecule has 0 saturated carbocycles. The van der Waals surface area contributed by atoms with E-state index < -0.39 is 0 Å². The Kier molecular flexibility index (Phi) is 7.96. The summed E-state index contributed by atoms with van der Waals surface area (Å²) in [4.78, 5) is 7.15. The van der Waals surface area contributed by atoms with Crippen molar-refractivity contribution in [2.24, 2.45) is 0 Å². The minimum atomic E-state index is -0.216. The molecule has 1 aliphatic rings. The first-order valence-corrected chi connectivity index (χ1v) is 12.8. The maximum atomic E-state index is 14.2. The molecule has 0 amide bonds. The third kappa shape index (κ3) is 6.09. The van der Waals surface area contributed by atoms with Gasteiger partial charge in [-0.1, -0.05) is 80.1 Å². The lowest BCUT2D eigenvalue weighted by Gasteiger charge is -2.22. The number of unbranched alkanes of at least 4 members (excludes halogenated alkanes) is 1. The summed E-state index contributed by atoms with van der Waals surface area (Å²) in [6.07, 6.45) is 8.06. The van der Waals surface area contributed by atoms with E-state index in [-0.39, 0.29) is 12.6 Å². The van der Waals surface area contributed by atoms with Crippen molar-refractivity contribution in [1.29, 1.82) is 0 Å². The van der Waals surface area contributed by atoms with Crippen LogP contribution in [0.1, 0.15) is 36.6 Å². The zero-order valence-corrected chi connectivity index (χ0v) is 21.1. The van der Waals surface area contributed by atoms with Crippen LogP contribution in [0.2, 0.25) is 0 Å². The highest BCUT2D eigenvalue weighted by Gasteiger charge is 2.17. The SMILES string of the molecule is CCCCn1c(CN(C/C=C/c2ccccc2F)Cc2ccc3c(c2)OCO3)cnc1-c1ccccc1. The van der Waals surface area contributed by atoms with E-state index >= 15 is 0 Å². The summed E-state index contributed by atoms with van der Waals surface area (Å²) in [6.45, 7) is 5.45. The first kappa shape index (κ1) is 24.8. The maximum Gasteiger partial charge on any atom is 0.231 e. The highest BCUT2D eigenvalue weighted by molar-refractivity contribution is 5.56. The van der Waals surface area contributed by atoms with Crippen molar-refractivity contribution < 1.29 is 13.9 Å². The molecule has 5 rings (SSSR count). The molecule has 0 bridgehead atoms. The topological polar surface area (TPSA) is 39.5 Å². The highest BCUT2D eigenvalue weighted by atomic mass is 19.1. The molecule has 190 valence electrons. The fourth-order valence-electron chi connectivity index (χ4n) is 4.57. The molecule has 0 aliphatic carbocycles. The van der Waals surface area contributed by atoms with E-state index in [1.54, 1.807) is 12.1 Å². The Bertz CT molecular complexity index is 1350. The Morgan fingerprint density at radius 3 is 2.62 bits per heavy atom. The number of hydrogen-bond donors (Lipinski definition) is 0. The molecular formula is C31H32FN3O2. The number of hydrogen-bond acceptors (Lipinski definition) is 4. The van der Waals surface area contributed by atoms with E-state index in [1.165, 1.54) is 6.07 Å². The van der Waals surface area contributed by atoms with Crippen molar-refractivity contribution in [3.63, 3.8) is 0 Å². The zero-order valence-electron chi connectivity index (χ0n) is 21.1. The predicted octanol–water partition coefficient (Wildman–Crippen LogP) is 6.93. The van der Waals surface area contributed by atoms with Gasteiger partial charge in [0.2, 0.25) is 6.79 Å². The fourth-order valence-corrected chi connectivity index (χ4v) is 4.57. The van der Waals surface area contributed by atoms with Crippen LogP contribution in [0.25, 0.3) is 17.5 Å². The van der Waals surface area contributed by atoms with Gasteiger partial charge in [0, 0.05) is 37.3 Å². The monoisotopic (exact) mass is 497 g/mol. The molecule has 1 aromatic heterocycles. The molecule has 0 spiro atoms. The molecule has 37 heavy (non-hydrogen) atoms. The molecule has 2 heterocycles. The molecule has 0 atom stereocenters. The Morgan fingerprint density at radius 1 is 0.973 bits per heavy atom. The molecule has 0 N–H and O–H groups in total. The van der Waals surface area contributed by atoms with Gasteiger partial charge in [0.05, 0.1) is 11.9 Å². The van der Waals surface area contributed by atoms with E-state index in [9.17, 15) is 4.39 Å². The number of halogens is 1. The summed E-state index contributed by atoms with van der Waals surface area (Å²) in [5, 5.41) is 0. The van der Waals surface area contributed by atoms with E-state index in [1.807, 2.05) is 54.7 Å². The van der Waals surface area contributed by atoms with Crippen LogP contribution in [0.15, 0.2) is 85.1 Å². The summed E-state index contributed by atoms with van der Waals surface area (Å²) in [7, 11) is 0. The lowest BCUT2D eigenvalue weighted by molar-refractivity contribution is 0.174. The van der Waals surface area contributed by atoms with E-state index in [0.29, 0.717) is 25.2 Å². The van der Waals surface area contributed by atoms with Gasteiger partial charge >= 0.3 is 0 Å². The van der Waals surface area contributed by atoms with Crippen LogP contribution in [0, 0.1) is 5.82 Å². The van der Waals surface area contributed by atoms with Crippen LogP contribution < -0.4 is 9.47 Å². The molecule has 0 radical (unpaired) electrons. The lowest BCUT2D eigenvalue weighted by Crippen LogP contribution is -2.24. The van der Waals surface area contributed by atoms with E-state index in [0.717, 1.165) is 53.5 Å². The molecule has 1 aliphatic heterocycles. The minimum absolute atomic E-state index is 0.216. The second-order valence-electron chi connectivity index (χ2n) is 9.23. The summed E-state index contributed by atoms with van der Waals surface area (Å²) in [5.74, 6) is 2.33. The van der Waals surface area contributed by atoms with E-state index in [4.69, 9.17) is 14.5 Å². The fraction of sp³-hybridized carbons (Fsp3) is 0.258. The number of imidazole rings is 1. The third-order valence-corrected chi connectivity index (χ3v) is 6.50. The van der Waals surface area contributed by atoms with Crippen LogP contribution >= 0.6 is 0 Å². The van der Waals surface area contributed by atoms with Gasteiger partial charge in [-0.05, 0) is 30.2 Å². The quantitative estimate of drug-likeness (QED) is 0.225. The number of benzene rings is 3. The largest absolute Gasteiger partial charge is 0.454 e. The number of nitrogens with zero attached hydrogens (tertiary/aromatic N) is 3. The van der Waals surface area contributed by atoms with Gasteiger partial charge < -0.3 is 14.0 Å². The van der Waals surface area contributed by atoms with Gasteiger partial charge in [0.25, 0.3) is 0 Å². The third-order valence-electron chi connectivity index (χ3n) is 6.50. The number of fused-ring (bicyclic) bond motifs is 1. The summed E-state index contributed by atoms with van der Waals surface area (Å²) in [5.41, 5.74) is 4.00. The second-order valence-corrected chi connectivity index (χ2v) is 9.23. The van der Waals surface area contributed by atoms with Crippen molar-refractivity contribution in [3.8, 4) is 22.9 Å². The maximum absolute atomic E-state index is 14.2. The van der Waals surface area contributed by atoms with Crippen LogP contribution in [0.3, 0.4) is 0 Å². The van der Waals surface area contributed by atoms with Crippen molar-refractivity contribution in [2.45, 2.75) is 39.4 Å². The van der Waals surface area contributed by atoms with Crippen LogP contribution in [0.4, 0.5) is 4.39 Å². The molecule has 0 fully saturated rings. The van der Waals surface area contributed by atoms with Gasteiger partial charge in [-0.3, -0.25) is 4.90 Å². The Labute approximate surface area is 217 Å². The van der Waals surface area contributed by atoms with Crippen LogP contribution in [-0.4, -0.2) is 27.8 Å². The van der Waals surface area contributed by atoms with Crippen LogP contribution in [0.5, 0.6) is 11.5 Å². The highest BCUT2D eigenvalue weighted by Crippen LogP contribution is 2.33. The van der Waals surface area contributed by atoms with Gasteiger partial charge in [0.1, 0.15) is 11.6 Å². The standard InChI is InChI=1S/C31H32FN3O2/c1-2-3-18-35-27(20-33-31(35)26-11-5-4-6-12-26)22-34(17-9-13-25-10-7-8-14-28(25)32)21-24-15-16-29-30(19-24)37-23-36-29/h4-16,19-20H,2-3,17-18,21-23H2,1H3/b13-9+. The van der Waals surface area contributed by atoms with Crippen molar-refractivity contribution in [2.75, 3.05) is 13.3 Å². The first-order valence-electron chi connectivity index (χ1n) is 12.8. The van der Waals surface area contributed by atoms with Crippen molar-refractivity contribution >= 4 is 6.08 Å². The average Bonchev–Trinajstić information content (AvgIpc) is 3.55. The Balaban J connectivity index is 1.41. The molecule has 0 unspecified atom stereocenters. The number of aromatic nitrogens is 2.